The second-order valence-corrected chi connectivity index (χ2v) is 4.21. The van der Waals surface area contributed by atoms with Crippen molar-refractivity contribution in [1.82, 2.24) is 5.32 Å². The first-order valence-corrected chi connectivity index (χ1v) is 5.64. The Bertz CT molecular complexity index is 254. The van der Waals surface area contributed by atoms with Crippen molar-refractivity contribution in [2.45, 2.75) is 38.1 Å². The minimum atomic E-state index is -0.754. The number of hydrogen-bond donors (Lipinski definition) is 2. The number of amides is 1. The molecular weight excluding hydrogens is 210 g/mol. The zero-order valence-corrected chi connectivity index (χ0v) is 9.57. The fourth-order valence-electron chi connectivity index (χ4n) is 2.01. The maximum absolute atomic E-state index is 11.4. The molecule has 0 saturated heterocycles. The highest BCUT2D eigenvalue weighted by molar-refractivity contribution is 5.76. The fourth-order valence-corrected chi connectivity index (χ4v) is 2.01. The van der Waals surface area contributed by atoms with Gasteiger partial charge in [0.2, 0.25) is 5.91 Å². The van der Waals surface area contributed by atoms with Crippen LogP contribution in [0.25, 0.3) is 0 Å². The molecule has 1 saturated carbocycles. The standard InChI is InChI=1S/C11H19NO4/c1-16-6-2-3-10(13)12-9-5-4-8(7-9)11(14)15/h8-9H,2-7H2,1H3,(H,12,13)(H,14,15)/t8-,9+/m1/s1. The Kier molecular flexibility index (Phi) is 5.25. The van der Waals surface area contributed by atoms with Crippen LogP contribution >= 0.6 is 0 Å². The molecule has 1 aliphatic rings. The van der Waals surface area contributed by atoms with Gasteiger partial charge in [-0.05, 0) is 25.7 Å². The summed E-state index contributed by atoms with van der Waals surface area (Å²) in [6.45, 7) is 0.579. The molecular formula is C11H19NO4. The van der Waals surface area contributed by atoms with E-state index < -0.39 is 5.97 Å². The van der Waals surface area contributed by atoms with Crippen LogP contribution in [-0.2, 0) is 14.3 Å². The summed E-state index contributed by atoms with van der Waals surface area (Å²) in [7, 11) is 1.60. The van der Waals surface area contributed by atoms with E-state index in [1.807, 2.05) is 0 Å². The quantitative estimate of drug-likeness (QED) is 0.660. The highest BCUT2D eigenvalue weighted by atomic mass is 16.5. The molecule has 16 heavy (non-hydrogen) atoms. The smallest absolute Gasteiger partial charge is 0.306 e. The molecule has 0 aromatic heterocycles. The van der Waals surface area contributed by atoms with Gasteiger partial charge in [0.15, 0.2) is 0 Å². The topological polar surface area (TPSA) is 75.6 Å². The normalized spacial score (nSPS) is 24.3. The van der Waals surface area contributed by atoms with Gasteiger partial charge in [-0.2, -0.15) is 0 Å². The van der Waals surface area contributed by atoms with Gasteiger partial charge in [0.25, 0.3) is 0 Å². The SMILES string of the molecule is COCCCC(=O)N[C@H]1CC[C@@H](C(=O)O)C1. The van der Waals surface area contributed by atoms with Gasteiger partial charge in [-0.15, -0.1) is 0 Å². The summed E-state index contributed by atoms with van der Waals surface area (Å²) in [5, 5.41) is 11.7. The molecule has 2 atom stereocenters. The molecule has 2 N–H and O–H groups in total. The zero-order valence-electron chi connectivity index (χ0n) is 9.57. The maximum atomic E-state index is 11.4. The largest absolute Gasteiger partial charge is 0.481 e. The number of carbonyl (C=O) groups is 2. The van der Waals surface area contributed by atoms with Crippen molar-refractivity contribution in [2.24, 2.45) is 5.92 Å². The molecule has 5 nitrogen and oxygen atoms in total. The van der Waals surface area contributed by atoms with Crippen LogP contribution in [0, 0.1) is 5.92 Å². The second kappa shape index (κ2) is 6.48. The number of carbonyl (C=O) groups excluding carboxylic acids is 1. The summed E-state index contributed by atoms with van der Waals surface area (Å²) in [5.41, 5.74) is 0. The van der Waals surface area contributed by atoms with E-state index in [0.717, 1.165) is 6.42 Å². The molecule has 0 bridgehead atoms. The number of nitrogens with one attached hydrogen (secondary N) is 1. The molecule has 1 amide bonds. The molecule has 0 aliphatic heterocycles. The minimum absolute atomic E-state index is 0.00640. The molecule has 0 unspecified atom stereocenters. The Morgan fingerprint density at radius 2 is 2.19 bits per heavy atom. The Labute approximate surface area is 95.2 Å². The lowest BCUT2D eigenvalue weighted by Gasteiger charge is -2.12. The number of aliphatic carboxylic acids is 1. The van der Waals surface area contributed by atoms with Crippen molar-refractivity contribution in [3.63, 3.8) is 0 Å². The van der Waals surface area contributed by atoms with E-state index in [2.05, 4.69) is 5.32 Å². The van der Waals surface area contributed by atoms with Crippen LogP contribution in [0.2, 0.25) is 0 Å². The van der Waals surface area contributed by atoms with Crippen LogP contribution < -0.4 is 5.32 Å². The van der Waals surface area contributed by atoms with E-state index in [9.17, 15) is 9.59 Å². The molecule has 92 valence electrons. The average Bonchev–Trinajstić information content (AvgIpc) is 2.66. The van der Waals surface area contributed by atoms with Crippen molar-refractivity contribution >= 4 is 11.9 Å². The Balaban J connectivity index is 2.18. The van der Waals surface area contributed by atoms with Crippen LogP contribution in [-0.4, -0.2) is 36.7 Å². The monoisotopic (exact) mass is 229 g/mol. The highest BCUT2D eigenvalue weighted by Gasteiger charge is 2.30. The van der Waals surface area contributed by atoms with Gasteiger partial charge in [-0.3, -0.25) is 9.59 Å². The summed E-state index contributed by atoms with van der Waals surface area (Å²) >= 11 is 0. The predicted molar refractivity (Wildman–Crippen MR) is 58.0 cm³/mol. The molecule has 0 aromatic carbocycles. The van der Waals surface area contributed by atoms with Crippen molar-refractivity contribution in [3.05, 3.63) is 0 Å². The minimum Gasteiger partial charge on any atom is -0.481 e. The van der Waals surface area contributed by atoms with Gasteiger partial charge in [-0.1, -0.05) is 0 Å². The maximum Gasteiger partial charge on any atom is 0.306 e. The van der Waals surface area contributed by atoms with Crippen LogP contribution in [0.15, 0.2) is 0 Å². The Morgan fingerprint density at radius 1 is 1.44 bits per heavy atom. The van der Waals surface area contributed by atoms with Gasteiger partial charge in [0, 0.05) is 26.2 Å². The molecule has 0 aromatic rings. The van der Waals surface area contributed by atoms with Crippen molar-refractivity contribution < 1.29 is 19.4 Å². The van der Waals surface area contributed by atoms with Gasteiger partial charge in [0.1, 0.15) is 0 Å². The number of methoxy groups -OCH3 is 1. The molecule has 1 fully saturated rings. The van der Waals surface area contributed by atoms with Crippen LogP contribution in [0.1, 0.15) is 32.1 Å². The third-order valence-corrected chi connectivity index (χ3v) is 2.90. The number of ether oxygens (including phenoxy) is 1. The van der Waals surface area contributed by atoms with Gasteiger partial charge in [-0.25, -0.2) is 0 Å². The lowest BCUT2D eigenvalue weighted by molar-refractivity contribution is -0.141. The Morgan fingerprint density at radius 3 is 2.75 bits per heavy atom. The number of carboxylic acid groups (broad SMARTS) is 1. The summed E-state index contributed by atoms with van der Waals surface area (Å²) in [4.78, 5) is 22.2. The first-order valence-electron chi connectivity index (χ1n) is 5.64. The van der Waals surface area contributed by atoms with Crippen molar-refractivity contribution in [3.8, 4) is 0 Å². The van der Waals surface area contributed by atoms with Crippen LogP contribution in [0.3, 0.4) is 0 Å². The lowest BCUT2D eigenvalue weighted by Crippen LogP contribution is -2.33. The summed E-state index contributed by atoms with van der Waals surface area (Å²) in [5.74, 6) is -1.05. The van der Waals surface area contributed by atoms with Crippen LogP contribution in [0.5, 0.6) is 0 Å². The third-order valence-electron chi connectivity index (χ3n) is 2.90. The zero-order chi connectivity index (χ0) is 12.0. The van der Waals surface area contributed by atoms with Crippen molar-refractivity contribution in [2.75, 3.05) is 13.7 Å². The average molecular weight is 229 g/mol. The first kappa shape index (κ1) is 13.0. The van der Waals surface area contributed by atoms with Crippen LogP contribution in [0.4, 0.5) is 0 Å². The second-order valence-electron chi connectivity index (χ2n) is 4.21. The van der Waals surface area contributed by atoms with E-state index in [1.54, 1.807) is 7.11 Å². The lowest BCUT2D eigenvalue weighted by atomic mass is 10.1. The Hall–Kier alpha value is -1.10. The van der Waals surface area contributed by atoms with Gasteiger partial charge < -0.3 is 15.2 Å². The van der Waals surface area contributed by atoms with Crippen molar-refractivity contribution in [1.29, 1.82) is 0 Å². The highest BCUT2D eigenvalue weighted by Crippen LogP contribution is 2.25. The number of rotatable bonds is 6. The van der Waals surface area contributed by atoms with E-state index in [0.29, 0.717) is 32.3 Å². The summed E-state index contributed by atoms with van der Waals surface area (Å²) in [6, 6.07) is 0.0381. The van der Waals surface area contributed by atoms with E-state index in [-0.39, 0.29) is 17.9 Å². The summed E-state index contributed by atoms with van der Waals surface area (Å²) < 4.78 is 4.85. The first-order chi connectivity index (χ1) is 7.63. The fraction of sp³-hybridized carbons (Fsp3) is 0.818. The molecule has 1 rings (SSSR count). The third kappa shape index (κ3) is 4.18. The molecule has 5 heteroatoms. The van der Waals surface area contributed by atoms with E-state index >= 15 is 0 Å². The van der Waals surface area contributed by atoms with Gasteiger partial charge in [0.05, 0.1) is 5.92 Å². The molecule has 0 radical (unpaired) electrons. The molecule has 1 aliphatic carbocycles. The summed E-state index contributed by atoms with van der Waals surface area (Å²) in [6.07, 6.45) is 3.15. The van der Waals surface area contributed by atoms with E-state index in [4.69, 9.17) is 9.84 Å². The molecule has 0 heterocycles. The van der Waals surface area contributed by atoms with Gasteiger partial charge >= 0.3 is 5.97 Å². The van der Waals surface area contributed by atoms with E-state index in [1.165, 1.54) is 0 Å². The molecule has 0 spiro atoms. The number of hydrogen-bond acceptors (Lipinski definition) is 3. The number of carboxylic acids is 1. The predicted octanol–water partition coefficient (Wildman–Crippen LogP) is 0.782.